The van der Waals surface area contributed by atoms with E-state index in [0.29, 0.717) is 18.7 Å². The molecule has 1 aromatic carbocycles. The van der Waals surface area contributed by atoms with Crippen LogP contribution < -0.4 is 10.1 Å². The molecule has 0 saturated carbocycles. The van der Waals surface area contributed by atoms with Crippen LogP contribution in [0.5, 0.6) is 5.75 Å². The van der Waals surface area contributed by atoms with Crippen LogP contribution >= 0.6 is 0 Å². The number of halogens is 1. The maximum Gasteiger partial charge on any atom is 0.165 e. The zero-order valence-electron chi connectivity index (χ0n) is 8.96. The monoisotopic (exact) mass is 213 g/mol. The molecular formula is C11H16FNO2. The minimum absolute atomic E-state index is 0.220. The molecule has 15 heavy (non-hydrogen) atoms. The van der Waals surface area contributed by atoms with Gasteiger partial charge in [0, 0.05) is 6.54 Å². The van der Waals surface area contributed by atoms with Gasteiger partial charge in [0.1, 0.15) is 0 Å². The minimum atomic E-state index is -0.694. The summed E-state index contributed by atoms with van der Waals surface area (Å²) in [4.78, 5) is 0. The number of hydrogen-bond donors (Lipinski definition) is 2. The molecule has 1 atom stereocenters. The summed E-state index contributed by atoms with van der Waals surface area (Å²) in [7, 11) is 1.73. The van der Waals surface area contributed by atoms with Gasteiger partial charge in [-0.05, 0) is 31.7 Å². The second-order valence-corrected chi connectivity index (χ2v) is 3.20. The highest BCUT2D eigenvalue weighted by atomic mass is 19.1. The van der Waals surface area contributed by atoms with Crippen LogP contribution in [0.3, 0.4) is 0 Å². The van der Waals surface area contributed by atoms with Gasteiger partial charge >= 0.3 is 0 Å². The van der Waals surface area contributed by atoms with E-state index in [-0.39, 0.29) is 5.75 Å². The summed E-state index contributed by atoms with van der Waals surface area (Å²) in [6.07, 6.45) is -0.694. The second-order valence-electron chi connectivity index (χ2n) is 3.20. The van der Waals surface area contributed by atoms with Crippen molar-refractivity contribution >= 4 is 0 Å². The summed E-state index contributed by atoms with van der Waals surface area (Å²) in [5, 5.41) is 12.4. The summed E-state index contributed by atoms with van der Waals surface area (Å²) in [5.41, 5.74) is 0.547. The van der Waals surface area contributed by atoms with Crippen LogP contribution in [0, 0.1) is 5.82 Å². The van der Waals surface area contributed by atoms with Crippen LogP contribution in [-0.2, 0) is 0 Å². The van der Waals surface area contributed by atoms with Crippen molar-refractivity contribution in [1.29, 1.82) is 0 Å². The lowest BCUT2D eigenvalue weighted by Gasteiger charge is -2.11. The highest BCUT2D eigenvalue weighted by Gasteiger charge is 2.10. The SMILES string of the molecule is CCOc1ccc(C(O)CNC)cc1F. The molecule has 1 unspecified atom stereocenters. The fraction of sp³-hybridized carbons (Fsp3) is 0.455. The smallest absolute Gasteiger partial charge is 0.165 e. The van der Waals surface area contributed by atoms with Gasteiger partial charge in [-0.3, -0.25) is 0 Å². The van der Waals surface area contributed by atoms with Gasteiger partial charge in [-0.1, -0.05) is 6.07 Å². The minimum Gasteiger partial charge on any atom is -0.491 e. The topological polar surface area (TPSA) is 41.5 Å². The van der Waals surface area contributed by atoms with E-state index in [9.17, 15) is 9.50 Å². The number of aliphatic hydroxyl groups excluding tert-OH is 1. The Bertz CT molecular complexity index is 317. The molecule has 4 heteroatoms. The predicted octanol–water partition coefficient (Wildman–Crippen LogP) is 1.48. The molecule has 0 radical (unpaired) electrons. The molecule has 1 rings (SSSR count). The maximum absolute atomic E-state index is 13.4. The summed E-state index contributed by atoms with van der Waals surface area (Å²) in [5.74, 6) is -0.220. The first-order valence-corrected chi connectivity index (χ1v) is 4.94. The Labute approximate surface area is 88.9 Å². The van der Waals surface area contributed by atoms with Crippen molar-refractivity contribution in [3.8, 4) is 5.75 Å². The first-order chi connectivity index (χ1) is 7.19. The fourth-order valence-electron chi connectivity index (χ4n) is 1.31. The molecule has 0 aliphatic heterocycles. The number of likely N-dealkylation sites (N-methyl/N-ethyl adjacent to an activating group) is 1. The molecule has 0 amide bonds. The number of nitrogens with one attached hydrogen (secondary N) is 1. The maximum atomic E-state index is 13.4. The number of ether oxygens (including phenoxy) is 1. The molecule has 0 saturated heterocycles. The van der Waals surface area contributed by atoms with Crippen LogP contribution in [-0.4, -0.2) is 25.3 Å². The molecule has 0 aliphatic rings. The predicted molar refractivity (Wildman–Crippen MR) is 56.5 cm³/mol. The van der Waals surface area contributed by atoms with Gasteiger partial charge in [-0.2, -0.15) is 0 Å². The number of aliphatic hydroxyl groups is 1. The molecule has 1 aromatic rings. The summed E-state index contributed by atoms with van der Waals surface area (Å²) in [6, 6.07) is 4.50. The molecule has 84 valence electrons. The zero-order valence-corrected chi connectivity index (χ0v) is 8.96. The lowest BCUT2D eigenvalue weighted by atomic mass is 10.1. The first kappa shape index (κ1) is 11.9. The van der Waals surface area contributed by atoms with Crippen LogP contribution in [0.15, 0.2) is 18.2 Å². The molecule has 0 bridgehead atoms. The van der Waals surface area contributed by atoms with E-state index in [1.807, 2.05) is 0 Å². The summed E-state index contributed by atoms with van der Waals surface area (Å²) in [6.45, 7) is 2.62. The third-order valence-corrected chi connectivity index (χ3v) is 2.04. The highest BCUT2D eigenvalue weighted by molar-refractivity contribution is 5.30. The van der Waals surface area contributed by atoms with Gasteiger partial charge in [0.25, 0.3) is 0 Å². The lowest BCUT2D eigenvalue weighted by Crippen LogP contribution is -2.16. The fourth-order valence-corrected chi connectivity index (χ4v) is 1.31. The van der Waals surface area contributed by atoms with Crippen molar-refractivity contribution in [2.45, 2.75) is 13.0 Å². The van der Waals surface area contributed by atoms with Crippen LogP contribution in [0.2, 0.25) is 0 Å². The van der Waals surface area contributed by atoms with Crippen molar-refractivity contribution in [3.05, 3.63) is 29.6 Å². The normalized spacial score (nSPS) is 12.5. The van der Waals surface area contributed by atoms with E-state index in [4.69, 9.17) is 4.74 Å². The molecule has 0 spiro atoms. The number of benzene rings is 1. The molecule has 0 aromatic heterocycles. The first-order valence-electron chi connectivity index (χ1n) is 4.94. The van der Waals surface area contributed by atoms with Gasteiger partial charge in [0.2, 0.25) is 0 Å². The molecule has 0 fully saturated rings. The number of rotatable bonds is 5. The van der Waals surface area contributed by atoms with Gasteiger partial charge in [-0.25, -0.2) is 4.39 Å². The Balaban J connectivity index is 2.81. The third kappa shape index (κ3) is 3.18. The van der Waals surface area contributed by atoms with E-state index in [1.54, 1.807) is 20.0 Å². The molecule has 0 heterocycles. The van der Waals surface area contributed by atoms with Gasteiger partial charge in [0.15, 0.2) is 11.6 Å². The third-order valence-electron chi connectivity index (χ3n) is 2.04. The van der Waals surface area contributed by atoms with E-state index >= 15 is 0 Å². The Morgan fingerprint density at radius 3 is 2.80 bits per heavy atom. The quantitative estimate of drug-likeness (QED) is 0.778. The van der Waals surface area contributed by atoms with Crippen molar-refractivity contribution in [3.63, 3.8) is 0 Å². The van der Waals surface area contributed by atoms with Gasteiger partial charge in [0.05, 0.1) is 12.7 Å². The largest absolute Gasteiger partial charge is 0.491 e. The average molecular weight is 213 g/mol. The Kier molecular flexibility index (Phi) is 4.52. The molecule has 2 N–H and O–H groups in total. The van der Waals surface area contributed by atoms with E-state index in [0.717, 1.165) is 0 Å². The van der Waals surface area contributed by atoms with Crippen LogP contribution in [0.25, 0.3) is 0 Å². The van der Waals surface area contributed by atoms with E-state index < -0.39 is 11.9 Å². The molecular weight excluding hydrogens is 197 g/mol. The van der Waals surface area contributed by atoms with Crippen molar-refractivity contribution in [2.75, 3.05) is 20.2 Å². The lowest BCUT2D eigenvalue weighted by molar-refractivity contribution is 0.177. The van der Waals surface area contributed by atoms with Crippen LogP contribution in [0.4, 0.5) is 4.39 Å². The number of hydrogen-bond acceptors (Lipinski definition) is 3. The Morgan fingerprint density at radius 2 is 2.27 bits per heavy atom. The Morgan fingerprint density at radius 1 is 1.53 bits per heavy atom. The van der Waals surface area contributed by atoms with Crippen LogP contribution in [0.1, 0.15) is 18.6 Å². The Hall–Kier alpha value is -1.13. The second kappa shape index (κ2) is 5.68. The van der Waals surface area contributed by atoms with Gasteiger partial charge < -0.3 is 15.2 Å². The molecule has 0 aliphatic carbocycles. The van der Waals surface area contributed by atoms with E-state index in [2.05, 4.69) is 5.32 Å². The summed E-state index contributed by atoms with van der Waals surface area (Å²) < 4.78 is 18.4. The highest BCUT2D eigenvalue weighted by Crippen LogP contribution is 2.21. The van der Waals surface area contributed by atoms with Crippen molar-refractivity contribution < 1.29 is 14.2 Å². The van der Waals surface area contributed by atoms with Crippen molar-refractivity contribution in [1.82, 2.24) is 5.32 Å². The standard InChI is InChI=1S/C11H16FNO2/c1-3-15-11-5-4-8(6-9(11)12)10(14)7-13-2/h4-6,10,13-14H,3,7H2,1-2H3. The molecule has 3 nitrogen and oxygen atoms in total. The zero-order chi connectivity index (χ0) is 11.3. The summed E-state index contributed by atoms with van der Waals surface area (Å²) >= 11 is 0. The average Bonchev–Trinajstić information content (AvgIpc) is 2.21. The van der Waals surface area contributed by atoms with Gasteiger partial charge in [-0.15, -0.1) is 0 Å². The van der Waals surface area contributed by atoms with Crippen molar-refractivity contribution in [2.24, 2.45) is 0 Å². The van der Waals surface area contributed by atoms with E-state index in [1.165, 1.54) is 12.1 Å².